The van der Waals surface area contributed by atoms with E-state index in [9.17, 15) is 22.8 Å². The predicted molar refractivity (Wildman–Crippen MR) is 107 cm³/mol. The standard InChI is InChI=1S/C20H23N3O6S/c1-22-11-5-8-17(22)19(25)21-18(24)14-29-20(26)15-9-12-23(13-10-15)30(27,28)16-6-3-2-4-7-16/h2-8,11,15H,9-10,12-14H2,1H3,(H,21,24,25). The van der Waals surface area contributed by atoms with Gasteiger partial charge in [0.1, 0.15) is 5.69 Å². The van der Waals surface area contributed by atoms with Gasteiger partial charge in [-0.25, -0.2) is 8.42 Å². The highest BCUT2D eigenvalue weighted by Crippen LogP contribution is 2.24. The lowest BCUT2D eigenvalue weighted by Crippen LogP contribution is -2.41. The van der Waals surface area contributed by atoms with E-state index in [0.29, 0.717) is 18.5 Å². The topological polar surface area (TPSA) is 115 Å². The minimum atomic E-state index is -3.60. The molecule has 30 heavy (non-hydrogen) atoms. The Morgan fingerprint density at radius 1 is 1.07 bits per heavy atom. The molecule has 3 rings (SSSR count). The van der Waals surface area contributed by atoms with E-state index in [0.717, 1.165) is 0 Å². The number of aryl methyl sites for hydroxylation is 1. The number of carbonyl (C=O) groups is 3. The fourth-order valence-electron chi connectivity index (χ4n) is 3.25. The number of sulfonamides is 1. The van der Waals surface area contributed by atoms with Gasteiger partial charge >= 0.3 is 5.97 Å². The van der Waals surface area contributed by atoms with Crippen molar-refractivity contribution < 1.29 is 27.5 Å². The summed E-state index contributed by atoms with van der Waals surface area (Å²) in [6, 6.07) is 11.4. The quantitative estimate of drug-likeness (QED) is 0.678. The maximum atomic E-state index is 12.6. The maximum Gasteiger partial charge on any atom is 0.309 e. The number of ether oxygens (including phenoxy) is 1. The minimum Gasteiger partial charge on any atom is -0.455 e. The molecule has 2 heterocycles. The van der Waals surface area contributed by atoms with Gasteiger partial charge in [0, 0.05) is 26.3 Å². The molecular formula is C20H23N3O6S. The van der Waals surface area contributed by atoms with Crippen molar-refractivity contribution in [2.75, 3.05) is 19.7 Å². The lowest BCUT2D eigenvalue weighted by atomic mass is 9.98. The zero-order chi connectivity index (χ0) is 21.7. The molecule has 0 radical (unpaired) electrons. The first kappa shape index (κ1) is 21.7. The summed E-state index contributed by atoms with van der Waals surface area (Å²) in [5.41, 5.74) is 0.307. The Labute approximate surface area is 174 Å². The first-order valence-corrected chi connectivity index (χ1v) is 10.9. The molecule has 0 bridgehead atoms. The Morgan fingerprint density at radius 3 is 2.33 bits per heavy atom. The van der Waals surface area contributed by atoms with Crippen molar-refractivity contribution in [3.8, 4) is 0 Å². The minimum absolute atomic E-state index is 0.190. The van der Waals surface area contributed by atoms with Crippen molar-refractivity contribution >= 4 is 27.8 Å². The van der Waals surface area contributed by atoms with Crippen molar-refractivity contribution in [3.05, 3.63) is 54.4 Å². The van der Waals surface area contributed by atoms with Crippen LogP contribution in [0.3, 0.4) is 0 Å². The number of benzene rings is 1. The van der Waals surface area contributed by atoms with Crippen molar-refractivity contribution in [1.29, 1.82) is 0 Å². The highest BCUT2D eigenvalue weighted by atomic mass is 32.2. The Morgan fingerprint density at radius 2 is 1.73 bits per heavy atom. The molecule has 1 aliphatic rings. The van der Waals surface area contributed by atoms with E-state index >= 15 is 0 Å². The Balaban J connectivity index is 1.46. The monoisotopic (exact) mass is 433 g/mol. The summed E-state index contributed by atoms with van der Waals surface area (Å²) in [5, 5.41) is 2.16. The Kier molecular flexibility index (Phi) is 6.68. The summed E-state index contributed by atoms with van der Waals surface area (Å²) in [5.74, 6) is -2.38. The van der Waals surface area contributed by atoms with Crippen LogP contribution < -0.4 is 5.32 Å². The summed E-state index contributed by atoms with van der Waals surface area (Å²) in [4.78, 5) is 36.3. The second kappa shape index (κ2) is 9.23. The average Bonchev–Trinajstić information content (AvgIpc) is 3.18. The molecule has 1 fully saturated rings. The zero-order valence-corrected chi connectivity index (χ0v) is 17.3. The molecule has 160 valence electrons. The number of piperidine rings is 1. The number of imide groups is 1. The molecule has 0 atom stereocenters. The summed E-state index contributed by atoms with van der Waals surface area (Å²) in [6.45, 7) is -0.193. The highest BCUT2D eigenvalue weighted by Gasteiger charge is 2.33. The van der Waals surface area contributed by atoms with Gasteiger partial charge in [-0.1, -0.05) is 18.2 Å². The summed E-state index contributed by atoms with van der Waals surface area (Å²) >= 11 is 0. The smallest absolute Gasteiger partial charge is 0.309 e. The molecule has 2 aromatic rings. The van der Waals surface area contributed by atoms with Gasteiger partial charge < -0.3 is 9.30 Å². The summed E-state index contributed by atoms with van der Waals surface area (Å²) in [7, 11) is -1.93. The molecule has 1 aliphatic heterocycles. The van der Waals surface area contributed by atoms with Crippen LogP contribution in [0.4, 0.5) is 0 Å². The SMILES string of the molecule is Cn1cccc1C(=O)NC(=O)COC(=O)C1CCN(S(=O)(=O)c2ccccc2)CC1. The van der Waals surface area contributed by atoms with Gasteiger partial charge in [-0.05, 0) is 37.1 Å². The van der Waals surface area contributed by atoms with E-state index in [4.69, 9.17) is 4.74 Å². The molecule has 1 aromatic carbocycles. The van der Waals surface area contributed by atoms with Crippen molar-refractivity contribution in [2.45, 2.75) is 17.7 Å². The van der Waals surface area contributed by atoms with Gasteiger partial charge in [-0.2, -0.15) is 4.31 Å². The van der Waals surface area contributed by atoms with Crippen LogP contribution in [0.15, 0.2) is 53.6 Å². The third kappa shape index (κ3) is 4.95. The average molecular weight is 433 g/mol. The van der Waals surface area contributed by atoms with Crippen LogP contribution in [0, 0.1) is 5.92 Å². The van der Waals surface area contributed by atoms with E-state index < -0.39 is 40.3 Å². The van der Waals surface area contributed by atoms with Crippen LogP contribution in [0.1, 0.15) is 23.3 Å². The zero-order valence-electron chi connectivity index (χ0n) is 16.5. The van der Waals surface area contributed by atoms with Crippen LogP contribution in [0.2, 0.25) is 0 Å². The number of amides is 2. The molecule has 0 unspecified atom stereocenters. The molecule has 1 N–H and O–H groups in total. The largest absolute Gasteiger partial charge is 0.455 e. The van der Waals surface area contributed by atoms with Crippen molar-refractivity contribution in [3.63, 3.8) is 0 Å². The molecule has 1 saturated heterocycles. The Hall–Kier alpha value is -2.98. The van der Waals surface area contributed by atoms with E-state index in [1.54, 1.807) is 48.1 Å². The molecule has 0 aliphatic carbocycles. The van der Waals surface area contributed by atoms with E-state index in [1.165, 1.54) is 16.4 Å². The van der Waals surface area contributed by atoms with Crippen LogP contribution in [-0.2, 0) is 31.4 Å². The molecule has 10 heteroatoms. The van der Waals surface area contributed by atoms with Gasteiger partial charge in [0.2, 0.25) is 10.0 Å². The fraction of sp³-hybridized carbons (Fsp3) is 0.350. The fourth-order valence-corrected chi connectivity index (χ4v) is 4.74. The Bertz CT molecular complexity index is 1020. The normalized spacial score (nSPS) is 15.5. The molecule has 0 saturated carbocycles. The van der Waals surface area contributed by atoms with Crippen molar-refractivity contribution in [1.82, 2.24) is 14.2 Å². The van der Waals surface area contributed by atoms with Crippen LogP contribution in [-0.4, -0.2) is 54.8 Å². The number of hydrogen-bond donors (Lipinski definition) is 1. The number of hydrogen-bond acceptors (Lipinski definition) is 6. The third-order valence-electron chi connectivity index (χ3n) is 4.94. The van der Waals surface area contributed by atoms with Crippen LogP contribution in [0.25, 0.3) is 0 Å². The second-order valence-electron chi connectivity index (χ2n) is 6.98. The lowest BCUT2D eigenvalue weighted by molar-refractivity contribution is -0.153. The molecular weight excluding hydrogens is 410 g/mol. The molecule has 1 aromatic heterocycles. The van der Waals surface area contributed by atoms with Gasteiger partial charge in [0.15, 0.2) is 6.61 Å². The van der Waals surface area contributed by atoms with Gasteiger partial charge in [-0.15, -0.1) is 0 Å². The molecule has 9 nitrogen and oxygen atoms in total. The second-order valence-corrected chi connectivity index (χ2v) is 8.92. The number of aromatic nitrogens is 1. The molecule has 0 spiro atoms. The van der Waals surface area contributed by atoms with Crippen LogP contribution >= 0.6 is 0 Å². The van der Waals surface area contributed by atoms with Crippen LogP contribution in [0.5, 0.6) is 0 Å². The van der Waals surface area contributed by atoms with Gasteiger partial charge in [-0.3, -0.25) is 19.7 Å². The number of rotatable bonds is 6. The highest BCUT2D eigenvalue weighted by molar-refractivity contribution is 7.89. The van der Waals surface area contributed by atoms with E-state index in [-0.39, 0.29) is 18.0 Å². The maximum absolute atomic E-state index is 12.6. The first-order chi connectivity index (χ1) is 14.3. The van der Waals surface area contributed by atoms with E-state index in [1.807, 2.05) is 0 Å². The molecule has 2 amide bonds. The predicted octanol–water partition coefficient (Wildman–Crippen LogP) is 0.926. The first-order valence-electron chi connectivity index (χ1n) is 9.46. The van der Waals surface area contributed by atoms with Crippen molar-refractivity contribution in [2.24, 2.45) is 13.0 Å². The number of nitrogens with zero attached hydrogens (tertiary/aromatic N) is 2. The summed E-state index contributed by atoms with van der Waals surface area (Å²) in [6.07, 6.45) is 2.27. The van der Waals surface area contributed by atoms with Gasteiger partial charge in [0.25, 0.3) is 11.8 Å². The lowest BCUT2D eigenvalue weighted by Gasteiger charge is -2.30. The number of carbonyl (C=O) groups excluding carboxylic acids is 3. The number of esters is 1. The van der Waals surface area contributed by atoms with Gasteiger partial charge in [0.05, 0.1) is 10.8 Å². The number of nitrogens with one attached hydrogen (secondary N) is 1. The third-order valence-corrected chi connectivity index (χ3v) is 6.86. The van der Waals surface area contributed by atoms with E-state index in [2.05, 4.69) is 5.32 Å². The summed E-state index contributed by atoms with van der Waals surface area (Å²) < 4.78 is 33.2.